The van der Waals surface area contributed by atoms with Gasteiger partial charge in [0, 0.05) is 35.5 Å². The predicted molar refractivity (Wildman–Crippen MR) is 171 cm³/mol. The smallest absolute Gasteiger partial charge is 0.407 e. The lowest BCUT2D eigenvalue weighted by molar-refractivity contribution is 0.0566. The molecule has 11 nitrogen and oxygen atoms in total. The highest BCUT2D eigenvalue weighted by Crippen LogP contribution is 2.34. The molecule has 0 saturated heterocycles. The first kappa shape index (κ1) is 32.9. The molecule has 2 aromatic heterocycles. The minimum atomic E-state index is -2.77. The molecule has 242 valence electrons. The van der Waals surface area contributed by atoms with E-state index in [0.717, 1.165) is 19.3 Å². The number of rotatable bonds is 12. The molecule has 4 aromatic rings. The van der Waals surface area contributed by atoms with Gasteiger partial charge < -0.3 is 15.4 Å². The second-order valence-electron chi connectivity index (χ2n) is 11.2. The van der Waals surface area contributed by atoms with Crippen molar-refractivity contribution < 1.29 is 23.1 Å². The predicted octanol–water partition coefficient (Wildman–Crippen LogP) is 6.76. The van der Waals surface area contributed by atoms with Gasteiger partial charge in [0.1, 0.15) is 17.1 Å². The molecular weight excluding hydrogens is 638 g/mol. The van der Waals surface area contributed by atoms with Crippen LogP contribution in [0.3, 0.4) is 0 Å². The fourth-order valence-corrected chi connectivity index (χ4v) is 5.46. The highest BCUT2D eigenvalue weighted by molar-refractivity contribution is 7.12. The van der Waals surface area contributed by atoms with Gasteiger partial charge in [0.05, 0.1) is 17.3 Å². The van der Waals surface area contributed by atoms with E-state index in [0.29, 0.717) is 49.4 Å². The molecule has 1 saturated carbocycles. The molecule has 0 unspecified atom stereocenters. The zero-order valence-electron chi connectivity index (χ0n) is 25.1. The van der Waals surface area contributed by atoms with Crippen LogP contribution >= 0.6 is 22.9 Å². The summed E-state index contributed by atoms with van der Waals surface area (Å²) in [7, 11) is 0. The number of halogens is 3. The second kappa shape index (κ2) is 14.8. The number of hydrogen-bond acceptors (Lipinski definition) is 8. The second-order valence-corrected chi connectivity index (χ2v) is 12.5. The number of nitrogens with one attached hydrogen (secondary N) is 3. The van der Waals surface area contributed by atoms with Crippen molar-refractivity contribution >= 4 is 40.9 Å². The molecule has 2 aromatic carbocycles. The molecule has 46 heavy (non-hydrogen) atoms. The number of guanidine groups is 1. The van der Waals surface area contributed by atoms with Crippen molar-refractivity contribution in [3.05, 3.63) is 76.5 Å². The van der Waals surface area contributed by atoms with E-state index in [4.69, 9.17) is 21.7 Å². The number of benzene rings is 2. The average molecular weight is 671 g/mol. The number of ether oxygens (including phenoxy) is 1. The first-order chi connectivity index (χ1) is 22.1. The molecule has 15 heteroatoms. The van der Waals surface area contributed by atoms with Crippen molar-refractivity contribution in [3.8, 4) is 21.7 Å². The number of carbonyl (C=O) groups is 2. The standard InChI is InChI=1S/C31H33ClF2N8O3S/c1-18(2)11-12-36-30(35)42(28(43)20-5-3-19(4-6-20)22-14-38-41(15-22)29(33)34)26(16-45-31(44)39-23-8-9-23)21-7-10-25(32)24(13-21)27-40-37-17-46-27/h3-7,10,13-15,17-18,23,26,29H,8-9,11-12,16H2,1-2H3,(H2,35,36)(H,39,44)/t26-/m1/s1. The Morgan fingerprint density at radius 2 is 1.93 bits per heavy atom. The van der Waals surface area contributed by atoms with Gasteiger partial charge in [-0.3, -0.25) is 15.1 Å². The third kappa shape index (κ3) is 8.23. The van der Waals surface area contributed by atoms with E-state index in [1.54, 1.807) is 48.0 Å². The van der Waals surface area contributed by atoms with E-state index < -0.39 is 24.6 Å². The Kier molecular flexibility index (Phi) is 10.6. The first-order valence-electron chi connectivity index (χ1n) is 14.7. The monoisotopic (exact) mass is 670 g/mol. The van der Waals surface area contributed by atoms with Crippen molar-refractivity contribution in [2.24, 2.45) is 5.92 Å². The SMILES string of the molecule is CC(C)CCNC(=N)N(C(=O)c1ccc(-c2cnn(C(F)F)c2)cc1)[C@H](COC(=O)NC1CC1)c1ccc(Cl)c(-c2nncs2)c1. The zero-order chi connectivity index (χ0) is 32.8. The van der Waals surface area contributed by atoms with Crippen LogP contribution in [-0.4, -0.2) is 62.0 Å². The van der Waals surface area contributed by atoms with Crippen LogP contribution in [0.15, 0.2) is 60.4 Å². The van der Waals surface area contributed by atoms with Crippen LogP contribution in [0.1, 0.15) is 61.6 Å². The summed E-state index contributed by atoms with van der Waals surface area (Å²) in [6.45, 7) is 1.50. The molecule has 0 spiro atoms. The quantitative estimate of drug-likeness (QED) is 0.112. The molecule has 1 aliphatic carbocycles. The van der Waals surface area contributed by atoms with Crippen LogP contribution in [0, 0.1) is 11.3 Å². The number of nitrogens with zero attached hydrogens (tertiary/aromatic N) is 5. The number of hydrogen-bond donors (Lipinski definition) is 3. The number of alkyl halides is 2. The number of alkyl carbamates (subject to hydrolysis) is 1. The Labute approximate surface area is 273 Å². The van der Waals surface area contributed by atoms with Gasteiger partial charge in [-0.2, -0.15) is 13.9 Å². The third-order valence-electron chi connectivity index (χ3n) is 7.29. The number of aromatic nitrogens is 4. The zero-order valence-corrected chi connectivity index (χ0v) is 26.7. The maximum atomic E-state index is 14.3. The van der Waals surface area contributed by atoms with Crippen molar-refractivity contribution in [1.82, 2.24) is 35.5 Å². The van der Waals surface area contributed by atoms with Gasteiger partial charge in [0.2, 0.25) is 0 Å². The van der Waals surface area contributed by atoms with E-state index in [9.17, 15) is 18.4 Å². The average Bonchev–Trinajstić information content (AvgIpc) is 3.45. The Morgan fingerprint density at radius 3 is 2.57 bits per heavy atom. The summed E-state index contributed by atoms with van der Waals surface area (Å²) < 4.78 is 32.3. The van der Waals surface area contributed by atoms with E-state index in [1.165, 1.54) is 28.6 Å². The van der Waals surface area contributed by atoms with Crippen molar-refractivity contribution in [2.45, 2.75) is 51.7 Å². The van der Waals surface area contributed by atoms with Crippen LogP contribution in [-0.2, 0) is 4.74 Å². The summed E-state index contributed by atoms with van der Waals surface area (Å²) in [5.41, 5.74) is 3.97. The van der Waals surface area contributed by atoms with E-state index in [1.807, 2.05) is 0 Å². The molecule has 1 aliphatic rings. The van der Waals surface area contributed by atoms with Crippen LogP contribution in [0.4, 0.5) is 13.6 Å². The topological polar surface area (TPSA) is 138 Å². The normalized spacial score (nSPS) is 13.5. The van der Waals surface area contributed by atoms with Crippen molar-refractivity contribution in [1.29, 1.82) is 5.41 Å². The van der Waals surface area contributed by atoms with Gasteiger partial charge in [-0.05, 0) is 60.6 Å². The van der Waals surface area contributed by atoms with E-state index >= 15 is 0 Å². The molecule has 1 atom stereocenters. The van der Waals surface area contributed by atoms with Gasteiger partial charge in [0.25, 0.3) is 5.91 Å². The summed E-state index contributed by atoms with van der Waals surface area (Å²) in [4.78, 5) is 28.2. The molecule has 2 amide bonds. The highest BCUT2D eigenvalue weighted by Gasteiger charge is 2.33. The largest absolute Gasteiger partial charge is 0.447 e. The van der Waals surface area contributed by atoms with Crippen LogP contribution in [0.2, 0.25) is 5.02 Å². The summed E-state index contributed by atoms with van der Waals surface area (Å²) in [5.74, 6) is -0.376. The van der Waals surface area contributed by atoms with Gasteiger partial charge >= 0.3 is 12.6 Å². The fourth-order valence-electron chi connectivity index (χ4n) is 4.62. The minimum absolute atomic E-state index is 0.0607. The third-order valence-corrected chi connectivity index (χ3v) is 8.34. The summed E-state index contributed by atoms with van der Waals surface area (Å²) >= 11 is 7.82. The lowest BCUT2D eigenvalue weighted by Crippen LogP contribution is -2.48. The molecular formula is C31H33ClF2N8O3S. The lowest BCUT2D eigenvalue weighted by atomic mass is 10.0. The van der Waals surface area contributed by atoms with Gasteiger partial charge in [-0.1, -0.05) is 55.0 Å². The fraction of sp³-hybridized carbons (Fsp3) is 0.355. The summed E-state index contributed by atoms with van der Waals surface area (Å²) in [6.07, 6.45) is 4.41. The van der Waals surface area contributed by atoms with Crippen molar-refractivity contribution in [2.75, 3.05) is 13.2 Å². The highest BCUT2D eigenvalue weighted by atomic mass is 35.5. The number of carbonyl (C=O) groups excluding carboxylic acids is 2. The Hall–Kier alpha value is -4.43. The maximum Gasteiger partial charge on any atom is 0.407 e. The van der Waals surface area contributed by atoms with Gasteiger partial charge in [-0.25, -0.2) is 9.48 Å². The summed E-state index contributed by atoms with van der Waals surface area (Å²) in [5, 5.41) is 27.6. The molecule has 1 fully saturated rings. The van der Waals surface area contributed by atoms with E-state index in [2.05, 4.69) is 39.8 Å². The maximum absolute atomic E-state index is 14.3. The molecule has 0 radical (unpaired) electrons. The molecule has 5 rings (SSSR count). The van der Waals surface area contributed by atoms with Crippen LogP contribution in [0.5, 0.6) is 0 Å². The first-order valence-corrected chi connectivity index (χ1v) is 15.9. The minimum Gasteiger partial charge on any atom is -0.447 e. The summed E-state index contributed by atoms with van der Waals surface area (Å²) in [6, 6.07) is 10.6. The van der Waals surface area contributed by atoms with Crippen LogP contribution < -0.4 is 10.6 Å². The Bertz CT molecular complexity index is 1660. The Balaban J connectivity index is 1.50. The van der Waals surface area contributed by atoms with Crippen LogP contribution in [0.25, 0.3) is 21.7 Å². The van der Waals surface area contributed by atoms with E-state index in [-0.39, 0.29) is 24.2 Å². The van der Waals surface area contributed by atoms with Gasteiger partial charge in [0.15, 0.2) is 5.96 Å². The molecule has 0 bridgehead atoms. The molecule has 0 aliphatic heterocycles. The van der Waals surface area contributed by atoms with Crippen molar-refractivity contribution in [3.63, 3.8) is 0 Å². The molecule has 2 heterocycles. The Morgan fingerprint density at radius 1 is 1.17 bits per heavy atom. The molecule has 3 N–H and O–H groups in total. The van der Waals surface area contributed by atoms with Gasteiger partial charge in [-0.15, -0.1) is 10.2 Å². The lowest BCUT2D eigenvalue weighted by Gasteiger charge is -2.32. The number of amides is 2.